The highest BCUT2D eigenvalue weighted by molar-refractivity contribution is 6.30. The molecule has 1 aromatic rings. The van der Waals surface area contributed by atoms with Gasteiger partial charge < -0.3 is 15.2 Å². The maximum Gasteiger partial charge on any atom is 0.122 e. The number of piperidine rings is 1. The maximum atomic E-state index is 9.72. The molecule has 18 heavy (non-hydrogen) atoms. The van der Waals surface area contributed by atoms with Crippen molar-refractivity contribution in [3.05, 3.63) is 28.8 Å². The fourth-order valence-corrected chi connectivity index (χ4v) is 2.92. The second-order valence-electron chi connectivity index (χ2n) is 4.76. The van der Waals surface area contributed by atoms with Gasteiger partial charge in [0, 0.05) is 16.5 Å². The van der Waals surface area contributed by atoms with Crippen molar-refractivity contribution in [3.8, 4) is 5.75 Å². The number of methoxy groups -OCH3 is 1. The second-order valence-corrected chi connectivity index (χ2v) is 5.20. The summed E-state index contributed by atoms with van der Waals surface area (Å²) in [4.78, 5) is 0. The summed E-state index contributed by atoms with van der Waals surface area (Å²) in [6.45, 7) is 2.18. The molecule has 2 N–H and O–H groups in total. The van der Waals surface area contributed by atoms with Crippen LogP contribution in [0.1, 0.15) is 24.3 Å². The summed E-state index contributed by atoms with van der Waals surface area (Å²) < 4.78 is 5.39. The number of aliphatic hydroxyl groups excluding tert-OH is 1. The Morgan fingerprint density at radius 3 is 2.78 bits per heavy atom. The third kappa shape index (κ3) is 2.97. The first-order chi connectivity index (χ1) is 8.76. The van der Waals surface area contributed by atoms with Crippen LogP contribution in [0.15, 0.2) is 18.2 Å². The van der Waals surface area contributed by atoms with Gasteiger partial charge in [0.05, 0.1) is 13.7 Å². The fourth-order valence-electron chi connectivity index (χ4n) is 2.74. The topological polar surface area (TPSA) is 41.5 Å². The molecular weight excluding hydrogens is 250 g/mol. The van der Waals surface area contributed by atoms with E-state index >= 15 is 0 Å². The quantitative estimate of drug-likeness (QED) is 0.882. The number of ether oxygens (including phenoxy) is 1. The number of halogens is 1. The van der Waals surface area contributed by atoms with E-state index < -0.39 is 0 Å². The zero-order chi connectivity index (χ0) is 13.0. The minimum Gasteiger partial charge on any atom is -0.496 e. The van der Waals surface area contributed by atoms with Crippen molar-refractivity contribution in [2.24, 2.45) is 5.92 Å². The summed E-state index contributed by atoms with van der Waals surface area (Å²) in [7, 11) is 1.66. The SMILES string of the molecule is COc1ccc(Cl)cc1C(CO)C1CCNCC1. The molecule has 1 saturated heterocycles. The van der Waals surface area contributed by atoms with E-state index in [1.54, 1.807) is 7.11 Å². The van der Waals surface area contributed by atoms with Crippen molar-refractivity contribution in [1.29, 1.82) is 0 Å². The molecule has 3 nitrogen and oxygen atoms in total. The second kappa shape index (κ2) is 6.41. The van der Waals surface area contributed by atoms with Crippen LogP contribution < -0.4 is 10.1 Å². The lowest BCUT2D eigenvalue weighted by atomic mass is 9.80. The van der Waals surface area contributed by atoms with Crippen LogP contribution in [0.3, 0.4) is 0 Å². The molecule has 0 saturated carbocycles. The van der Waals surface area contributed by atoms with Gasteiger partial charge in [0.1, 0.15) is 5.75 Å². The van der Waals surface area contributed by atoms with E-state index in [9.17, 15) is 5.11 Å². The highest BCUT2D eigenvalue weighted by Gasteiger charge is 2.26. The van der Waals surface area contributed by atoms with Crippen molar-refractivity contribution < 1.29 is 9.84 Å². The molecule has 0 aromatic heterocycles. The van der Waals surface area contributed by atoms with Gasteiger partial charge in [0.15, 0.2) is 0 Å². The minimum absolute atomic E-state index is 0.112. The Morgan fingerprint density at radius 2 is 2.17 bits per heavy atom. The van der Waals surface area contributed by atoms with E-state index in [4.69, 9.17) is 16.3 Å². The summed E-state index contributed by atoms with van der Waals surface area (Å²) >= 11 is 6.06. The van der Waals surface area contributed by atoms with Gasteiger partial charge in [0.2, 0.25) is 0 Å². The molecule has 1 aromatic carbocycles. The van der Waals surface area contributed by atoms with E-state index in [1.807, 2.05) is 18.2 Å². The van der Waals surface area contributed by atoms with Crippen LogP contribution in [-0.4, -0.2) is 31.9 Å². The van der Waals surface area contributed by atoms with Crippen LogP contribution in [0.25, 0.3) is 0 Å². The number of benzene rings is 1. The first-order valence-electron chi connectivity index (χ1n) is 6.41. The summed E-state index contributed by atoms with van der Waals surface area (Å²) in [5.41, 5.74) is 1.03. The monoisotopic (exact) mass is 269 g/mol. The van der Waals surface area contributed by atoms with Gasteiger partial charge in [-0.15, -0.1) is 0 Å². The Morgan fingerprint density at radius 1 is 1.44 bits per heavy atom. The lowest BCUT2D eigenvalue weighted by Gasteiger charge is -2.30. The average molecular weight is 270 g/mol. The summed E-state index contributed by atoms with van der Waals surface area (Å²) in [5, 5.41) is 13.8. The van der Waals surface area contributed by atoms with E-state index in [1.165, 1.54) is 0 Å². The molecule has 100 valence electrons. The molecule has 0 amide bonds. The lowest BCUT2D eigenvalue weighted by molar-refractivity contribution is 0.198. The van der Waals surface area contributed by atoms with E-state index in [-0.39, 0.29) is 12.5 Å². The largest absolute Gasteiger partial charge is 0.496 e. The van der Waals surface area contributed by atoms with Gasteiger partial charge >= 0.3 is 0 Å². The zero-order valence-corrected chi connectivity index (χ0v) is 11.4. The highest BCUT2D eigenvalue weighted by Crippen LogP contribution is 2.37. The molecule has 1 fully saturated rings. The van der Waals surface area contributed by atoms with E-state index in [0.717, 1.165) is 37.2 Å². The van der Waals surface area contributed by atoms with Crippen LogP contribution in [0.5, 0.6) is 5.75 Å². The molecular formula is C14H20ClNO2. The van der Waals surface area contributed by atoms with Crippen LogP contribution in [0.2, 0.25) is 5.02 Å². The van der Waals surface area contributed by atoms with E-state index in [0.29, 0.717) is 10.9 Å². The molecule has 1 atom stereocenters. The molecule has 0 aliphatic carbocycles. The highest BCUT2D eigenvalue weighted by atomic mass is 35.5. The molecule has 4 heteroatoms. The number of hydrogen-bond acceptors (Lipinski definition) is 3. The molecule has 1 aliphatic heterocycles. The van der Waals surface area contributed by atoms with Crippen LogP contribution >= 0.6 is 11.6 Å². The van der Waals surface area contributed by atoms with E-state index in [2.05, 4.69) is 5.32 Å². The first kappa shape index (κ1) is 13.7. The summed E-state index contributed by atoms with van der Waals surface area (Å²) in [5.74, 6) is 1.42. The number of rotatable bonds is 4. The molecule has 0 radical (unpaired) electrons. The maximum absolute atomic E-state index is 9.72. The Hall–Kier alpha value is -0.770. The number of nitrogens with one attached hydrogen (secondary N) is 1. The van der Waals surface area contributed by atoms with Gasteiger partial charge in [0.25, 0.3) is 0 Å². The summed E-state index contributed by atoms with van der Waals surface area (Å²) in [6.07, 6.45) is 2.17. The zero-order valence-electron chi connectivity index (χ0n) is 10.7. The van der Waals surface area contributed by atoms with Crippen LogP contribution in [-0.2, 0) is 0 Å². The molecule has 1 aliphatic rings. The average Bonchev–Trinajstić information content (AvgIpc) is 2.41. The third-order valence-corrected chi connectivity index (χ3v) is 3.98. The Bertz CT molecular complexity index is 391. The first-order valence-corrected chi connectivity index (χ1v) is 6.79. The Labute approximate surface area is 113 Å². The standard InChI is InChI=1S/C14H20ClNO2/c1-18-14-3-2-11(15)8-12(14)13(9-17)10-4-6-16-7-5-10/h2-3,8,10,13,16-17H,4-7,9H2,1H3. The molecule has 0 spiro atoms. The van der Waals surface area contributed by atoms with Crippen LogP contribution in [0, 0.1) is 5.92 Å². The predicted molar refractivity (Wildman–Crippen MR) is 73.4 cm³/mol. The molecule has 1 heterocycles. The molecule has 2 rings (SSSR count). The van der Waals surface area contributed by atoms with Crippen molar-refractivity contribution in [1.82, 2.24) is 5.32 Å². The fraction of sp³-hybridized carbons (Fsp3) is 0.571. The number of hydrogen-bond donors (Lipinski definition) is 2. The minimum atomic E-state index is 0.112. The van der Waals surface area contributed by atoms with Crippen molar-refractivity contribution in [2.75, 3.05) is 26.8 Å². The molecule has 0 bridgehead atoms. The van der Waals surface area contributed by atoms with Gasteiger partial charge in [-0.05, 0) is 50.0 Å². The van der Waals surface area contributed by atoms with Crippen molar-refractivity contribution in [2.45, 2.75) is 18.8 Å². The van der Waals surface area contributed by atoms with Gasteiger partial charge in [-0.3, -0.25) is 0 Å². The predicted octanol–water partition coefficient (Wildman–Crippen LogP) is 2.42. The van der Waals surface area contributed by atoms with Crippen molar-refractivity contribution >= 4 is 11.6 Å². The van der Waals surface area contributed by atoms with Crippen molar-refractivity contribution in [3.63, 3.8) is 0 Å². The normalized spacial score (nSPS) is 18.6. The smallest absolute Gasteiger partial charge is 0.122 e. The third-order valence-electron chi connectivity index (χ3n) is 3.74. The lowest BCUT2D eigenvalue weighted by Crippen LogP contribution is -2.32. The van der Waals surface area contributed by atoms with Gasteiger partial charge in [-0.2, -0.15) is 0 Å². The summed E-state index contributed by atoms with van der Waals surface area (Å²) in [6, 6.07) is 5.62. The Balaban J connectivity index is 2.27. The van der Waals surface area contributed by atoms with Gasteiger partial charge in [-0.25, -0.2) is 0 Å². The number of aliphatic hydroxyl groups is 1. The Kier molecular flexibility index (Phi) is 4.87. The molecule has 1 unspecified atom stereocenters. The van der Waals surface area contributed by atoms with Crippen LogP contribution in [0.4, 0.5) is 0 Å². The van der Waals surface area contributed by atoms with Gasteiger partial charge in [-0.1, -0.05) is 11.6 Å².